The van der Waals surface area contributed by atoms with Gasteiger partial charge in [0.15, 0.2) is 0 Å². The average molecular weight is 129 g/mol. The standard InChI is InChI=1S/C7H15NO/c1-3-7(2)4-6(9)5-8-7/h6,8-9H,3-5H2,1-2H3/t6-,7+/m0/s1. The van der Waals surface area contributed by atoms with Crippen LogP contribution in [0.5, 0.6) is 0 Å². The van der Waals surface area contributed by atoms with Crippen LogP contribution in [0.15, 0.2) is 0 Å². The number of nitrogens with one attached hydrogen (secondary N) is 1. The van der Waals surface area contributed by atoms with Gasteiger partial charge in [0.25, 0.3) is 0 Å². The maximum Gasteiger partial charge on any atom is 0.0682 e. The van der Waals surface area contributed by atoms with Crippen LogP contribution in [-0.2, 0) is 0 Å². The minimum absolute atomic E-state index is 0.116. The van der Waals surface area contributed by atoms with E-state index in [-0.39, 0.29) is 11.6 Å². The van der Waals surface area contributed by atoms with E-state index in [1.807, 2.05) is 0 Å². The predicted octanol–water partition coefficient (Wildman–Crippen LogP) is 0.509. The lowest BCUT2D eigenvalue weighted by molar-refractivity contribution is 0.185. The van der Waals surface area contributed by atoms with Crippen LogP contribution in [-0.4, -0.2) is 23.3 Å². The summed E-state index contributed by atoms with van der Waals surface area (Å²) in [7, 11) is 0. The van der Waals surface area contributed by atoms with Crippen LogP contribution in [0.3, 0.4) is 0 Å². The highest BCUT2D eigenvalue weighted by Gasteiger charge is 2.31. The van der Waals surface area contributed by atoms with Crippen molar-refractivity contribution < 1.29 is 5.11 Å². The van der Waals surface area contributed by atoms with E-state index in [0.717, 1.165) is 19.4 Å². The Hall–Kier alpha value is -0.0800. The Balaban J connectivity index is 2.45. The molecule has 1 aliphatic rings. The summed E-state index contributed by atoms with van der Waals surface area (Å²) in [5.41, 5.74) is 0.208. The summed E-state index contributed by atoms with van der Waals surface area (Å²) in [6.07, 6.45) is 1.89. The molecule has 0 spiro atoms. The molecule has 0 bridgehead atoms. The van der Waals surface area contributed by atoms with E-state index in [4.69, 9.17) is 5.11 Å². The van der Waals surface area contributed by atoms with Gasteiger partial charge in [-0.25, -0.2) is 0 Å². The van der Waals surface area contributed by atoms with Gasteiger partial charge in [0, 0.05) is 12.1 Å². The molecule has 1 heterocycles. The lowest BCUT2D eigenvalue weighted by Gasteiger charge is -2.21. The molecular formula is C7H15NO. The Morgan fingerprint density at radius 1 is 1.78 bits per heavy atom. The molecule has 0 aromatic rings. The van der Waals surface area contributed by atoms with Crippen LogP contribution in [0.1, 0.15) is 26.7 Å². The summed E-state index contributed by atoms with van der Waals surface area (Å²) < 4.78 is 0. The molecule has 0 amide bonds. The molecule has 1 fully saturated rings. The summed E-state index contributed by atoms with van der Waals surface area (Å²) in [4.78, 5) is 0. The summed E-state index contributed by atoms with van der Waals surface area (Å²) in [5.74, 6) is 0. The van der Waals surface area contributed by atoms with E-state index in [1.165, 1.54) is 0 Å². The normalized spacial score (nSPS) is 43.7. The zero-order valence-electron chi connectivity index (χ0n) is 6.15. The first-order valence-electron chi connectivity index (χ1n) is 3.59. The smallest absolute Gasteiger partial charge is 0.0682 e. The van der Waals surface area contributed by atoms with Gasteiger partial charge in [-0.1, -0.05) is 6.92 Å². The van der Waals surface area contributed by atoms with Crippen LogP contribution >= 0.6 is 0 Å². The van der Waals surface area contributed by atoms with Crippen LogP contribution in [0.2, 0.25) is 0 Å². The topological polar surface area (TPSA) is 32.3 Å². The van der Waals surface area contributed by atoms with Crippen molar-refractivity contribution in [3.05, 3.63) is 0 Å². The van der Waals surface area contributed by atoms with E-state index in [1.54, 1.807) is 0 Å². The van der Waals surface area contributed by atoms with Crippen LogP contribution < -0.4 is 5.32 Å². The summed E-state index contributed by atoms with van der Waals surface area (Å²) in [6, 6.07) is 0. The predicted molar refractivity (Wildman–Crippen MR) is 37.3 cm³/mol. The fraction of sp³-hybridized carbons (Fsp3) is 1.00. The third-order valence-electron chi connectivity index (χ3n) is 2.23. The van der Waals surface area contributed by atoms with Gasteiger partial charge in [0.1, 0.15) is 0 Å². The Kier molecular flexibility index (Phi) is 1.78. The van der Waals surface area contributed by atoms with Gasteiger partial charge >= 0.3 is 0 Å². The number of rotatable bonds is 1. The molecule has 1 saturated heterocycles. The fourth-order valence-electron chi connectivity index (χ4n) is 1.30. The number of hydrogen-bond donors (Lipinski definition) is 2. The van der Waals surface area contributed by atoms with E-state index in [9.17, 15) is 0 Å². The molecule has 2 N–H and O–H groups in total. The van der Waals surface area contributed by atoms with Crippen molar-refractivity contribution in [3.63, 3.8) is 0 Å². The second-order valence-electron chi connectivity index (χ2n) is 3.15. The zero-order valence-corrected chi connectivity index (χ0v) is 6.15. The maximum atomic E-state index is 9.13. The van der Waals surface area contributed by atoms with E-state index in [2.05, 4.69) is 19.2 Å². The molecule has 0 unspecified atom stereocenters. The third kappa shape index (κ3) is 1.43. The van der Waals surface area contributed by atoms with Crippen molar-refractivity contribution in [2.45, 2.75) is 38.3 Å². The molecule has 2 atom stereocenters. The van der Waals surface area contributed by atoms with Crippen molar-refractivity contribution in [1.29, 1.82) is 0 Å². The Bertz CT molecular complexity index is 105. The van der Waals surface area contributed by atoms with Gasteiger partial charge in [0.2, 0.25) is 0 Å². The Morgan fingerprint density at radius 3 is 2.67 bits per heavy atom. The van der Waals surface area contributed by atoms with E-state index < -0.39 is 0 Å². The minimum atomic E-state index is -0.116. The van der Waals surface area contributed by atoms with Gasteiger partial charge in [-0.2, -0.15) is 0 Å². The molecule has 1 aliphatic heterocycles. The number of aliphatic hydroxyl groups is 1. The summed E-state index contributed by atoms with van der Waals surface area (Å²) in [6.45, 7) is 5.07. The van der Waals surface area contributed by atoms with Crippen LogP contribution in [0, 0.1) is 0 Å². The number of β-amino-alcohol motifs (C(OH)–C–C–N with tert-alkyl or cyclic N) is 1. The Morgan fingerprint density at radius 2 is 2.44 bits per heavy atom. The molecule has 1 rings (SSSR count). The zero-order chi connectivity index (χ0) is 6.91. The van der Waals surface area contributed by atoms with E-state index in [0.29, 0.717) is 0 Å². The molecule has 2 nitrogen and oxygen atoms in total. The molecule has 2 heteroatoms. The molecule has 0 radical (unpaired) electrons. The lowest BCUT2D eigenvalue weighted by Crippen LogP contribution is -2.34. The lowest BCUT2D eigenvalue weighted by atomic mass is 9.97. The van der Waals surface area contributed by atoms with E-state index >= 15 is 0 Å². The van der Waals surface area contributed by atoms with Crippen molar-refractivity contribution in [3.8, 4) is 0 Å². The SMILES string of the molecule is CC[C@]1(C)C[C@H](O)CN1. The molecule has 9 heavy (non-hydrogen) atoms. The highest BCUT2D eigenvalue weighted by molar-refractivity contribution is 4.91. The monoisotopic (exact) mass is 129 g/mol. The maximum absolute atomic E-state index is 9.13. The summed E-state index contributed by atoms with van der Waals surface area (Å²) in [5, 5.41) is 12.4. The average Bonchev–Trinajstić information content (AvgIpc) is 2.13. The van der Waals surface area contributed by atoms with Crippen LogP contribution in [0.25, 0.3) is 0 Å². The van der Waals surface area contributed by atoms with Crippen molar-refractivity contribution in [2.75, 3.05) is 6.54 Å². The van der Waals surface area contributed by atoms with Crippen molar-refractivity contribution in [2.24, 2.45) is 0 Å². The first-order chi connectivity index (χ1) is 4.16. The van der Waals surface area contributed by atoms with Gasteiger partial charge < -0.3 is 10.4 Å². The largest absolute Gasteiger partial charge is 0.392 e. The van der Waals surface area contributed by atoms with Gasteiger partial charge in [-0.3, -0.25) is 0 Å². The summed E-state index contributed by atoms with van der Waals surface area (Å²) >= 11 is 0. The second kappa shape index (κ2) is 2.27. The third-order valence-corrected chi connectivity index (χ3v) is 2.23. The molecule has 0 saturated carbocycles. The molecular weight excluding hydrogens is 114 g/mol. The van der Waals surface area contributed by atoms with Crippen molar-refractivity contribution >= 4 is 0 Å². The van der Waals surface area contributed by atoms with Gasteiger partial charge in [0.05, 0.1) is 6.10 Å². The second-order valence-corrected chi connectivity index (χ2v) is 3.15. The molecule has 0 aromatic heterocycles. The van der Waals surface area contributed by atoms with Gasteiger partial charge in [-0.15, -0.1) is 0 Å². The number of hydrogen-bond acceptors (Lipinski definition) is 2. The molecule has 0 aliphatic carbocycles. The number of aliphatic hydroxyl groups excluding tert-OH is 1. The van der Waals surface area contributed by atoms with Crippen molar-refractivity contribution in [1.82, 2.24) is 5.32 Å². The van der Waals surface area contributed by atoms with Gasteiger partial charge in [-0.05, 0) is 19.8 Å². The first kappa shape index (κ1) is 7.03. The van der Waals surface area contributed by atoms with Crippen LogP contribution in [0.4, 0.5) is 0 Å². The quantitative estimate of drug-likeness (QED) is 0.540. The molecule has 0 aromatic carbocycles. The fourth-order valence-corrected chi connectivity index (χ4v) is 1.30. The minimum Gasteiger partial charge on any atom is -0.392 e. The highest BCUT2D eigenvalue weighted by Crippen LogP contribution is 2.21. The Labute approximate surface area is 56.3 Å². The highest BCUT2D eigenvalue weighted by atomic mass is 16.3. The molecule has 54 valence electrons. The first-order valence-corrected chi connectivity index (χ1v) is 3.59.